The lowest BCUT2D eigenvalue weighted by Gasteiger charge is -2.13. The Labute approximate surface area is 183 Å². The summed E-state index contributed by atoms with van der Waals surface area (Å²) in [7, 11) is 3.84. The summed E-state index contributed by atoms with van der Waals surface area (Å²) in [6.45, 7) is 3.54. The molecule has 2 heterocycles. The molecule has 0 unspecified atom stereocenters. The number of hydrogen-bond acceptors (Lipinski definition) is 5. The van der Waals surface area contributed by atoms with Crippen LogP contribution in [0.25, 0.3) is 0 Å². The van der Waals surface area contributed by atoms with Gasteiger partial charge in [0.1, 0.15) is 5.82 Å². The Balaban J connectivity index is 0.00000392. The Kier molecular flexibility index (Phi) is 9.93. The molecule has 6 nitrogen and oxygen atoms in total. The number of thiazole rings is 1. The molecule has 0 atom stereocenters. The minimum Gasteiger partial charge on any atom is -0.363 e. The average Bonchev–Trinajstić information content (AvgIpc) is 3.09. The van der Waals surface area contributed by atoms with Crippen LogP contribution in [0.1, 0.15) is 23.2 Å². The molecular formula is C17H24F3IN6S. The van der Waals surface area contributed by atoms with Gasteiger partial charge in [-0.15, -0.1) is 35.3 Å². The lowest BCUT2D eigenvalue weighted by atomic mass is 10.2. The predicted octanol–water partition coefficient (Wildman–Crippen LogP) is 3.54. The van der Waals surface area contributed by atoms with E-state index in [-0.39, 0.29) is 24.0 Å². The van der Waals surface area contributed by atoms with Gasteiger partial charge in [0, 0.05) is 45.2 Å². The van der Waals surface area contributed by atoms with Crippen molar-refractivity contribution in [3.8, 4) is 0 Å². The molecule has 11 heteroatoms. The number of rotatable bonds is 7. The van der Waals surface area contributed by atoms with Crippen molar-refractivity contribution in [3.05, 3.63) is 40.0 Å². The van der Waals surface area contributed by atoms with Crippen molar-refractivity contribution in [2.24, 2.45) is 4.99 Å². The number of guanidine groups is 1. The largest absolute Gasteiger partial charge is 0.434 e. The molecule has 0 aromatic carbocycles. The number of anilines is 1. The van der Waals surface area contributed by atoms with Crippen LogP contribution >= 0.6 is 35.3 Å². The van der Waals surface area contributed by atoms with Gasteiger partial charge in [0.05, 0.1) is 11.6 Å². The normalized spacial score (nSPS) is 11.7. The SMILES string of the molecule is CCNC(=NCc1ccnc(N(C)C)c1)NCCc1nc(C(F)(F)F)cs1.I. The van der Waals surface area contributed by atoms with Gasteiger partial charge in [-0.1, -0.05) is 0 Å². The minimum atomic E-state index is -4.39. The van der Waals surface area contributed by atoms with Gasteiger partial charge in [0.15, 0.2) is 11.7 Å². The van der Waals surface area contributed by atoms with Gasteiger partial charge in [0.25, 0.3) is 0 Å². The number of halogens is 4. The Morgan fingerprint density at radius 1 is 1.29 bits per heavy atom. The first-order chi connectivity index (χ1) is 12.8. The molecule has 0 spiro atoms. The highest BCUT2D eigenvalue weighted by Crippen LogP contribution is 2.29. The van der Waals surface area contributed by atoms with Gasteiger partial charge in [-0.25, -0.2) is 15.0 Å². The first-order valence-electron chi connectivity index (χ1n) is 8.45. The van der Waals surface area contributed by atoms with E-state index in [1.807, 2.05) is 38.1 Å². The van der Waals surface area contributed by atoms with Crippen LogP contribution in [-0.2, 0) is 19.1 Å². The van der Waals surface area contributed by atoms with Crippen LogP contribution < -0.4 is 15.5 Å². The lowest BCUT2D eigenvalue weighted by Crippen LogP contribution is -2.38. The molecule has 0 fully saturated rings. The van der Waals surface area contributed by atoms with Crippen molar-refractivity contribution in [1.82, 2.24) is 20.6 Å². The van der Waals surface area contributed by atoms with Gasteiger partial charge >= 0.3 is 6.18 Å². The van der Waals surface area contributed by atoms with E-state index in [1.165, 1.54) is 0 Å². The maximum Gasteiger partial charge on any atom is 0.434 e. The molecular weight excluding hydrogens is 504 g/mol. The number of nitrogens with one attached hydrogen (secondary N) is 2. The number of alkyl halides is 3. The molecule has 0 saturated carbocycles. The van der Waals surface area contributed by atoms with Crippen molar-refractivity contribution < 1.29 is 13.2 Å². The fraction of sp³-hybridized carbons (Fsp3) is 0.471. The van der Waals surface area contributed by atoms with Crippen molar-refractivity contribution in [3.63, 3.8) is 0 Å². The van der Waals surface area contributed by atoms with E-state index < -0.39 is 11.9 Å². The zero-order valence-electron chi connectivity index (χ0n) is 15.9. The summed E-state index contributed by atoms with van der Waals surface area (Å²) in [6, 6.07) is 3.86. The van der Waals surface area contributed by atoms with Crippen LogP contribution in [0.3, 0.4) is 0 Å². The third kappa shape index (κ3) is 7.78. The fourth-order valence-corrected chi connectivity index (χ4v) is 2.96. The summed E-state index contributed by atoms with van der Waals surface area (Å²) in [4.78, 5) is 14.3. The van der Waals surface area contributed by atoms with E-state index in [1.54, 1.807) is 6.20 Å². The highest BCUT2D eigenvalue weighted by molar-refractivity contribution is 14.0. The first kappa shape index (κ1) is 24.4. The van der Waals surface area contributed by atoms with E-state index in [9.17, 15) is 13.2 Å². The van der Waals surface area contributed by atoms with E-state index in [0.29, 0.717) is 37.0 Å². The minimum absolute atomic E-state index is 0. The summed E-state index contributed by atoms with van der Waals surface area (Å²) in [5, 5.41) is 7.73. The highest BCUT2D eigenvalue weighted by atomic mass is 127. The molecule has 28 heavy (non-hydrogen) atoms. The quantitative estimate of drug-likeness (QED) is 0.327. The third-order valence-corrected chi connectivity index (χ3v) is 4.41. The van der Waals surface area contributed by atoms with Crippen molar-refractivity contribution >= 4 is 47.1 Å². The molecule has 2 rings (SSSR count). The number of nitrogens with zero attached hydrogens (tertiary/aromatic N) is 4. The van der Waals surface area contributed by atoms with Gasteiger partial charge in [-0.2, -0.15) is 13.2 Å². The maximum atomic E-state index is 12.6. The summed E-state index contributed by atoms with van der Waals surface area (Å²) in [5.74, 6) is 1.46. The first-order valence-corrected chi connectivity index (χ1v) is 9.33. The Morgan fingerprint density at radius 2 is 2.04 bits per heavy atom. The van der Waals surface area contributed by atoms with E-state index in [4.69, 9.17) is 0 Å². The average molecular weight is 528 g/mol. The summed E-state index contributed by atoms with van der Waals surface area (Å²) in [6.07, 6.45) is -2.26. The maximum absolute atomic E-state index is 12.6. The van der Waals surface area contributed by atoms with E-state index in [0.717, 1.165) is 28.1 Å². The molecule has 156 valence electrons. The second-order valence-corrected chi connectivity index (χ2v) is 6.86. The van der Waals surface area contributed by atoms with Gasteiger partial charge < -0.3 is 15.5 Å². The monoisotopic (exact) mass is 528 g/mol. The predicted molar refractivity (Wildman–Crippen MR) is 118 cm³/mol. The number of hydrogen-bond donors (Lipinski definition) is 2. The van der Waals surface area contributed by atoms with Crippen LogP contribution in [0.2, 0.25) is 0 Å². The molecule has 0 aliphatic carbocycles. The topological polar surface area (TPSA) is 65.4 Å². The zero-order valence-corrected chi connectivity index (χ0v) is 19.0. The molecule has 2 N–H and O–H groups in total. The van der Waals surface area contributed by atoms with Gasteiger partial charge in [-0.3, -0.25) is 0 Å². The van der Waals surface area contributed by atoms with Crippen LogP contribution in [-0.4, -0.2) is 43.1 Å². The van der Waals surface area contributed by atoms with Crippen LogP contribution in [0.4, 0.5) is 19.0 Å². The number of pyridine rings is 1. The second kappa shape index (κ2) is 11.4. The zero-order chi connectivity index (χ0) is 19.9. The molecule has 0 aliphatic heterocycles. The Bertz CT molecular complexity index is 763. The van der Waals surface area contributed by atoms with E-state index >= 15 is 0 Å². The van der Waals surface area contributed by atoms with Crippen molar-refractivity contribution in [2.45, 2.75) is 26.1 Å². The standard InChI is InChI=1S/C17H23F3N6S.HI/c1-4-21-16(24-10-12-5-7-22-14(9-12)26(2)3)23-8-6-15-25-13(11-27-15)17(18,19)20;/h5,7,9,11H,4,6,8,10H2,1-3H3,(H2,21,23,24);1H. The lowest BCUT2D eigenvalue weighted by molar-refractivity contribution is -0.140. The number of aliphatic imine (C=N–C) groups is 1. The Morgan fingerprint density at radius 3 is 2.64 bits per heavy atom. The summed E-state index contributed by atoms with van der Waals surface area (Å²) in [5.41, 5.74) is 0.179. The number of aromatic nitrogens is 2. The molecule has 0 aliphatic rings. The van der Waals surface area contributed by atoms with Crippen LogP contribution in [0, 0.1) is 0 Å². The molecule has 0 bridgehead atoms. The van der Waals surface area contributed by atoms with Crippen LogP contribution in [0.15, 0.2) is 28.7 Å². The highest BCUT2D eigenvalue weighted by Gasteiger charge is 2.33. The summed E-state index contributed by atoms with van der Waals surface area (Å²) >= 11 is 1.01. The van der Waals surface area contributed by atoms with Crippen molar-refractivity contribution in [2.75, 3.05) is 32.1 Å². The smallest absolute Gasteiger partial charge is 0.363 e. The summed E-state index contributed by atoms with van der Waals surface area (Å²) < 4.78 is 37.8. The van der Waals surface area contributed by atoms with Gasteiger partial charge in [0.2, 0.25) is 0 Å². The van der Waals surface area contributed by atoms with Gasteiger partial charge in [-0.05, 0) is 24.6 Å². The van der Waals surface area contributed by atoms with Crippen molar-refractivity contribution in [1.29, 1.82) is 0 Å². The second-order valence-electron chi connectivity index (χ2n) is 5.91. The fourth-order valence-electron chi connectivity index (χ4n) is 2.16. The molecule has 0 amide bonds. The van der Waals surface area contributed by atoms with Crippen LogP contribution in [0.5, 0.6) is 0 Å². The third-order valence-electron chi connectivity index (χ3n) is 3.51. The molecule has 2 aromatic heterocycles. The molecule has 2 aromatic rings. The molecule has 0 saturated heterocycles. The molecule has 0 radical (unpaired) electrons. The Hall–Kier alpha value is -1.63. The van der Waals surface area contributed by atoms with E-state index in [2.05, 4.69) is 25.6 Å².